The van der Waals surface area contributed by atoms with Gasteiger partial charge in [0.25, 0.3) is 0 Å². The van der Waals surface area contributed by atoms with Crippen molar-refractivity contribution < 1.29 is 0 Å². The summed E-state index contributed by atoms with van der Waals surface area (Å²) in [6.45, 7) is 10.1. The average Bonchev–Trinajstić information content (AvgIpc) is 3.01. The van der Waals surface area contributed by atoms with Crippen LogP contribution in [-0.2, 0) is 6.54 Å². The van der Waals surface area contributed by atoms with Gasteiger partial charge in [-0.2, -0.15) is 0 Å². The Balaban J connectivity index is 2.55. The maximum atomic E-state index is 5.19. The van der Waals surface area contributed by atoms with Gasteiger partial charge in [-0.1, -0.05) is 0 Å². The molecule has 0 radical (unpaired) electrons. The molecule has 0 saturated heterocycles. The van der Waals surface area contributed by atoms with E-state index < -0.39 is 18.4 Å². The quantitative estimate of drug-likeness (QED) is 0.435. The van der Waals surface area contributed by atoms with Gasteiger partial charge in [0.2, 0.25) is 0 Å². The SMILES string of the molecule is CCC[CH2][Sn]([CH2]CCC)([CH2]CCC)[c]1nn(CC)c2ncccc12. The molecule has 0 aliphatic rings. The first-order chi connectivity index (χ1) is 11.7. The summed E-state index contributed by atoms with van der Waals surface area (Å²) < 4.78 is 8.09. The molecule has 4 heteroatoms. The van der Waals surface area contributed by atoms with Crippen molar-refractivity contribution in [3.05, 3.63) is 18.3 Å². The standard InChI is InChI=1S/C8H8N3.3C4H9.Sn/c1-2-11-8-7(6-10-11)4-3-5-9-8;3*1-3-4-2;/h3-5H,2H2,1H3;3*1,3-4H2,2H3;. The predicted molar refractivity (Wildman–Crippen MR) is 108 cm³/mol. The molecule has 0 saturated carbocycles. The maximum absolute atomic E-state index is 5.19. The van der Waals surface area contributed by atoms with Gasteiger partial charge in [-0.05, 0) is 0 Å². The van der Waals surface area contributed by atoms with Crippen molar-refractivity contribution in [3.8, 4) is 0 Å². The van der Waals surface area contributed by atoms with Crippen LogP contribution in [0.25, 0.3) is 11.0 Å². The number of hydrogen-bond acceptors (Lipinski definition) is 2. The second-order valence-corrected chi connectivity index (χ2v) is 20.1. The van der Waals surface area contributed by atoms with Crippen LogP contribution in [0.15, 0.2) is 18.3 Å². The number of hydrogen-bond donors (Lipinski definition) is 0. The summed E-state index contributed by atoms with van der Waals surface area (Å²) in [5.74, 6) is 0. The van der Waals surface area contributed by atoms with Crippen molar-refractivity contribution >= 4 is 33.1 Å². The fourth-order valence-corrected chi connectivity index (χ4v) is 20.0. The second-order valence-electron chi connectivity index (χ2n) is 7.13. The van der Waals surface area contributed by atoms with Gasteiger partial charge in [-0.15, -0.1) is 0 Å². The van der Waals surface area contributed by atoms with E-state index in [1.54, 1.807) is 0 Å². The Bertz CT molecular complexity index is 599. The van der Waals surface area contributed by atoms with E-state index >= 15 is 0 Å². The van der Waals surface area contributed by atoms with E-state index in [-0.39, 0.29) is 0 Å². The Morgan fingerprint density at radius 1 is 0.917 bits per heavy atom. The molecule has 24 heavy (non-hydrogen) atoms. The van der Waals surface area contributed by atoms with Crippen LogP contribution in [0.4, 0.5) is 0 Å². The van der Waals surface area contributed by atoms with Crippen molar-refractivity contribution in [1.29, 1.82) is 0 Å². The van der Waals surface area contributed by atoms with E-state index in [1.165, 1.54) is 60.9 Å². The second kappa shape index (κ2) is 9.79. The van der Waals surface area contributed by atoms with Gasteiger partial charge in [0.15, 0.2) is 0 Å². The van der Waals surface area contributed by atoms with Gasteiger partial charge in [-0.3, -0.25) is 0 Å². The zero-order valence-corrected chi connectivity index (χ0v) is 19.0. The van der Waals surface area contributed by atoms with E-state index in [4.69, 9.17) is 5.10 Å². The molecule has 0 aliphatic heterocycles. The third kappa shape index (κ3) is 4.33. The first kappa shape index (κ1) is 19.7. The molecule has 0 spiro atoms. The summed E-state index contributed by atoms with van der Waals surface area (Å²) in [7, 11) is 0. The molecule has 0 aromatic carbocycles. The van der Waals surface area contributed by atoms with Crippen molar-refractivity contribution in [2.24, 2.45) is 0 Å². The molecule has 0 amide bonds. The zero-order chi connectivity index (χ0) is 17.4. The van der Waals surface area contributed by atoms with Crippen LogP contribution in [0.2, 0.25) is 13.3 Å². The van der Waals surface area contributed by atoms with E-state index in [9.17, 15) is 0 Å². The minimum absolute atomic E-state index is 0.921. The van der Waals surface area contributed by atoms with Crippen molar-refractivity contribution in [2.75, 3.05) is 0 Å². The molecule has 3 nitrogen and oxygen atoms in total. The van der Waals surface area contributed by atoms with Gasteiger partial charge >= 0.3 is 152 Å². The Hall–Kier alpha value is -0.581. The van der Waals surface area contributed by atoms with Crippen LogP contribution >= 0.6 is 0 Å². The molecule has 0 N–H and O–H groups in total. The molecule has 0 atom stereocenters. The van der Waals surface area contributed by atoms with Gasteiger partial charge in [-0.25, -0.2) is 0 Å². The van der Waals surface area contributed by atoms with Crippen molar-refractivity contribution in [2.45, 2.75) is 86.1 Å². The molecule has 2 aromatic rings. The number of rotatable bonds is 11. The number of aromatic nitrogens is 3. The zero-order valence-electron chi connectivity index (χ0n) is 16.1. The Morgan fingerprint density at radius 2 is 1.50 bits per heavy atom. The third-order valence-electron chi connectivity index (χ3n) is 5.34. The first-order valence-corrected chi connectivity index (χ1v) is 17.5. The molecule has 2 rings (SSSR count). The number of nitrogens with zero attached hydrogens (tertiary/aromatic N) is 3. The molecular formula is C20H35N3Sn. The molecule has 0 fully saturated rings. The van der Waals surface area contributed by atoms with E-state index in [0.717, 1.165) is 12.2 Å². The summed E-state index contributed by atoms with van der Waals surface area (Å²) in [6, 6.07) is 4.38. The van der Waals surface area contributed by atoms with Gasteiger partial charge in [0, 0.05) is 0 Å². The van der Waals surface area contributed by atoms with E-state index in [0.29, 0.717) is 0 Å². The summed E-state index contributed by atoms with van der Waals surface area (Å²) >= 11 is -2.48. The van der Waals surface area contributed by atoms with Gasteiger partial charge < -0.3 is 0 Å². The van der Waals surface area contributed by atoms with E-state index in [1.807, 2.05) is 6.20 Å². The van der Waals surface area contributed by atoms with Crippen LogP contribution in [0, 0.1) is 0 Å². The normalized spacial score (nSPS) is 12.2. The number of aryl methyl sites for hydroxylation is 1. The first-order valence-electron chi connectivity index (χ1n) is 10.0. The Labute approximate surface area is 152 Å². The molecule has 2 heterocycles. The molecule has 134 valence electrons. The van der Waals surface area contributed by atoms with Gasteiger partial charge in [0.05, 0.1) is 0 Å². The van der Waals surface area contributed by atoms with Crippen LogP contribution in [-0.4, -0.2) is 33.1 Å². The average molecular weight is 436 g/mol. The van der Waals surface area contributed by atoms with Crippen molar-refractivity contribution in [3.63, 3.8) is 0 Å². The third-order valence-corrected chi connectivity index (χ3v) is 20.5. The Morgan fingerprint density at radius 3 is 2.00 bits per heavy atom. The molecule has 0 unspecified atom stereocenters. The molecular weight excluding hydrogens is 401 g/mol. The van der Waals surface area contributed by atoms with Gasteiger partial charge in [0.1, 0.15) is 0 Å². The molecule has 0 bridgehead atoms. The van der Waals surface area contributed by atoms with Crippen molar-refractivity contribution in [1.82, 2.24) is 14.8 Å². The fraction of sp³-hybridized carbons (Fsp3) is 0.700. The summed E-state index contributed by atoms with van der Waals surface area (Å²) in [5.41, 5.74) is 1.11. The summed E-state index contributed by atoms with van der Waals surface area (Å²) in [6.07, 6.45) is 9.98. The van der Waals surface area contributed by atoms with Crippen LogP contribution in [0.1, 0.15) is 66.2 Å². The predicted octanol–water partition coefficient (Wildman–Crippen LogP) is 5.51. The minimum atomic E-state index is -2.48. The monoisotopic (exact) mass is 437 g/mol. The summed E-state index contributed by atoms with van der Waals surface area (Å²) in [5, 5.41) is 6.56. The number of fused-ring (bicyclic) bond motifs is 1. The van der Waals surface area contributed by atoms with E-state index in [2.05, 4.69) is 49.5 Å². The summed E-state index contributed by atoms with van der Waals surface area (Å²) in [4.78, 5) is 4.66. The molecule has 0 aliphatic carbocycles. The topological polar surface area (TPSA) is 30.7 Å². The van der Waals surface area contributed by atoms with Crippen LogP contribution < -0.4 is 3.71 Å². The fourth-order valence-electron chi connectivity index (χ4n) is 3.90. The number of pyridine rings is 1. The van der Waals surface area contributed by atoms with Crippen LogP contribution in [0.3, 0.4) is 0 Å². The Kier molecular flexibility index (Phi) is 8.05. The number of unbranched alkanes of at least 4 members (excludes halogenated alkanes) is 3. The molecule has 2 aromatic heterocycles. The van der Waals surface area contributed by atoms with Crippen LogP contribution in [0.5, 0.6) is 0 Å².